The van der Waals surface area contributed by atoms with Crippen LogP contribution in [-0.4, -0.2) is 40.4 Å². The van der Waals surface area contributed by atoms with Crippen LogP contribution in [0.1, 0.15) is 46.1 Å². The van der Waals surface area contributed by atoms with Crippen molar-refractivity contribution in [2.45, 2.75) is 33.4 Å². The van der Waals surface area contributed by atoms with Gasteiger partial charge in [0.05, 0.1) is 35.6 Å². The topological polar surface area (TPSA) is 106 Å². The van der Waals surface area contributed by atoms with Gasteiger partial charge in [-0.25, -0.2) is 4.98 Å². The fourth-order valence-corrected chi connectivity index (χ4v) is 3.20. The summed E-state index contributed by atoms with van der Waals surface area (Å²) in [6, 6.07) is 5.69. The molecule has 0 spiro atoms. The second-order valence-corrected chi connectivity index (χ2v) is 7.07. The summed E-state index contributed by atoms with van der Waals surface area (Å²) in [4.78, 5) is 17.0. The summed E-state index contributed by atoms with van der Waals surface area (Å²) in [6.45, 7) is 6.58. The molecular formula is C19H22N8O. The third-order valence-corrected chi connectivity index (χ3v) is 4.92. The number of aromatic amines is 1. The first-order valence-corrected chi connectivity index (χ1v) is 9.03. The Bertz CT molecular complexity index is 1150. The molecule has 0 radical (unpaired) electrons. The van der Waals surface area contributed by atoms with Gasteiger partial charge in [-0.05, 0) is 50.1 Å². The van der Waals surface area contributed by atoms with Crippen LogP contribution in [0.2, 0.25) is 0 Å². The van der Waals surface area contributed by atoms with Crippen molar-refractivity contribution in [2.75, 3.05) is 0 Å². The molecule has 0 aliphatic heterocycles. The molecule has 9 heteroatoms. The molecule has 3 aromatic heterocycles. The standard InChI is InChI=1S/C19H22N8O/c1-11-5-15-17(6-12(11)2)27(9-20-15)8-14-7-16(24-23-14)19(28)22-13(3)18-25-21-10-26(18)4/h5-7,9-10,13H,8H2,1-4H3,(H,22,28)(H,23,24)/t13-/m0/s1. The van der Waals surface area contributed by atoms with E-state index in [0.717, 1.165) is 16.7 Å². The molecule has 0 fully saturated rings. The predicted molar refractivity (Wildman–Crippen MR) is 104 cm³/mol. The normalized spacial score (nSPS) is 12.4. The second-order valence-electron chi connectivity index (χ2n) is 7.07. The largest absolute Gasteiger partial charge is 0.341 e. The third-order valence-electron chi connectivity index (χ3n) is 4.92. The van der Waals surface area contributed by atoms with E-state index >= 15 is 0 Å². The maximum Gasteiger partial charge on any atom is 0.272 e. The summed E-state index contributed by atoms with van der Waals surface area (Å²) in [5.74, 6) is 0.416. The highest BCUT2D eigenvalue weighted by Crippen LogP contribution is 2.19. The number of benzene rings is 1. The summed E-state index contributed by atoms with van der Waals surface area (Å²) in [5, 5.41) is 17.8. The summed E-state index contributed by atoms with van der Waals surface area (Å²) < 4.78 is 3.81. The highest BCUT2D eigenvalue weighted by molar-refractivity contribution is 5.92. The summed E-state index contributed by atoms with van der Waals surface area (Å²) in [5.41, 5.74) is 5.61. The maximum atomic E-state index is 12.5. The van der Waals surface area contributed by atoms with E-state index in [1.54, 1.807) is 23.3 Å². The Labute approximate surface area is 161 Å². The quantitative estimate of drug-likeness (QED) is 0.553. The first-order chi connectivity index (χ1) is 13.4. The molecule has 0 aliphatic rings. The minimum atomic E-state index is -0.274. The minimum absolute atomic E-state index is 0.264. The Morgan fingerprint density at radius 1 is 1.21 bits per heavy atom. The van der Waals surface area contributed by atoms with Gasteiger partial charge < -0.3 is 14.5 Å². The van der Waals surface area contributed by atoms with Crippen LogP contribution in [0.15, 0.2) is 30.9 Å². The molecule has 0 saturated heterocycles. The van der Waals surface area contributed by atoms with E-state index in [1.165, 1.54) is 11.1 Å². The van der Waals surface area contributed by atoms with Crippen LogP contribution in [0, 0.1) is 13.8 Å². The number of imidazole rings is 1. The molecule has 1 amide bonds. The first kappa shape index (κ1) is 17.9. The summed E-state index contributed by atoms with van der Waals surface area (Å²) in [6.07, 6.45) is 3.41. The highest BCUT2D eigenvalue weighted by atomic mass is 16.2. The summed E-state index contributed by atoms with van der Waals surface area (Å²) >= 11 is 0. The van der Waals surface area contributed by atoms with Crippen LogP contribution >= 0.6 is 0 Å². The molecule has 1 aromatic carbocycles. The van der Waals surface area contributed by atoms with Crippen molar-refractivity contribution >= 4 is 16.9 Å². The zero-order valence-electron chi connectivity index (χ0n) is 16.3. The lowest BCUT2D eigenvalue weighted by Gasteiger charge is -2.11. The van der Waals surface area contributed by atoms with E-state index in [2.05, 4.69) is 56.7 Å². The molecule has 4 rings (SSSR count). The van der Waals surface area contributed by atoms with Gasteiger partial charge in [0, 0.05) is 7.05 Å². The number of nitrogens with zero attached hydrogens (tertiary/aromatic N) is 6. The molecule has 4 aromatic rings. The van der Waals surface area contributed by atoms with E-state index in [9.17, 15) is 4.79 Å². The van der Waals surface area contributed by atoms with E-state index in [0.29, 0.717) is 18.1 Å². The van der Waals surface area contributed by atoms with E-state index in [-0.39, 0.29) is 11.9 Å². The van der Waals surface area contributed by atoms with Crippen LogP contribution in [-0.2, 0) is 13.6 Å². The predicted octanol–water partition coefficient (Wildman–Crippen LogP) is 2.04. The van der Waals surface area contributed by atoms with Crippen LogP contribution in [0.4, 0.5) is 0 Å². The fraction of sp³-hybridized carbons (Fsp3) is 0.316. The molecule has 3 heterocycles. The number of fused-ring (bicyclic) bond motifs is 1. The first-order valence-electron chi connectivity index (χ1n) is 9.03. The monoisotopic (exact) mass is 378 g/mol. The van der Waals surface area contributed by atoms with E-state index in [4.69, 9.17) is 0 Å². The van der Waals surface area contributed by atoms with Crippen LogP contribution in [0.25, 0.3) is 11.0 Å². The number of amides is 1. The van der Waals surface area contributed by atoms with Gasteiger partial charge in [-0.1, -0.05) is 0 Å². The van der Waals surface area contributed by atoms with Gasteiger partial charge in [-0.15, -0.1) is 10.2 Å². The maximum absolute atomic E-state index is 12.5. The van der Waals surface area contributed by atoms with Gasteiger partial charge in [0.2, 0.25) is 0 Å². The van der Waals surface area contributed by atoms with Gasteiger partial charge in [0.25, 0.3) is 5.91 Å². The van der Waals surface area contributed by atoms with Crippen molar-refractivity contribution in [2.24, 2.45) is 7.05 Å². The number of hydrogen-bond acceptors (Lipinski definition) is 5. The second kappa shape index (κ2) is 6.91. The van der Waals surface area contributed by atoms with Gasteiger partial charge in [-0.2, -0.15) is 5.10 Å². The third kappa shape index (κ3) is 3.26. The lowest BCUT2D eigenvalue weighted by molar-refractivity contribution is 0.0932. The lowest BCUT2D eigenvalue weighted by Crippen LogP contribution is -2.28. The van der Waals surface area contributed by atoms with Gasteiger partial charge in [-0.3, -0.25) is 9.89 Å². The van der Waals surface area contributed by atoms with Crippen LogP contribution in [0.5, 0.6) is 0 Å². The number of rotatable bonds is 5. The molecular weight excluding hydrogens is 356 g/mol. The number of carbonyl (C=O) groups is 1. The van der Waals surface area contributed by atoms with Crippen molar-refractivity contribution in [3.8, 4) is 0 Å². The number of carbonyl (C=O) groups excluding carboxylic acids is 1. The Balaban J connectivity index is 1.49. The highest BCUT2D eigenvalue weighted by Gasteiger charge is 2.18. The molecule has 0 saturated carbocycles. The SMILES string of the molecule is Cc1cc2ncn(Cc3cc(C(=O)N[C@@H](C)c4nncn4C)n[nH]3)c2cc1C. The van der Waals surface area contributed by atoms with Crippen molar-refractivity contribution in [3.05, 3.63) is 59.2 Å². The smallest absolute Gasteiger partial charge is 0.272 e. The molecule has 0 bridgehead atoms. The Morgan fingerprint density at radius 2 is 2.00 bits per heavy atom. The van der Waals surface area contributed by atoms with E-state index in [1.807, 2.05) is 18.5 Å². The molecule has 2 N–H and O–H groups in total. The van der Waals surface area contributed by atoms with Crippen molar-refractivity contribution in [1.82, 2.24) is 39.8 Å². The molecule has 1 atom stereocenters. The number of aromatic nitrogens is 7. The van der Waals surface area contributed by atoms with Crippen molar-refractivity contribution < 1.29 is 4.79 Å². The van der Waals surface area contributed by atoms with Crippen LogP contribution < -0.4 is 5.32 Å². The zero-order chi connectivity index (χ0) is 19.8. The van der Waals surface area contributed by atoms with Gasteiger partial charge >= 0.3 is 0 Å². The number of nitrogens with one attached hydrogen (secondary N) is 2. The fourth-order valence-electron chi connectivity index (χ4n) is 3.20. The molecule has 0 unspecified atom stereocenters. The van der Waals surface area contributed by atoms with E-state index < -0.39 is 0 Å². The van der Waals surface area contributed by atoms with Crippen LogP contribution in [0.3, 0.4) is 0 Å². The zero-order valence-corrected chi connectivity index (χ0v) is 16.3. The van der Waals surface area contributed by atoms with Crippen molar-refractivity contribution in [1.29, 1.82) is 0 Å². The number of aryl methyl sites for hydroxylation is 3. The average Bonchev–Trinajstić information content (AvgIpc) is 3.37. The average molecular weight is 378 g/mol. The molecule has 144 valence electrons. The van der Waals surface area contributed by atoms with Gasteiger partial charge in [0.15, 0.2) is 5.82 Å². The summed E-state index contributed by atoms with van der Waals surface area (Å²) in [7, 11) is 1.84. The Morgan fingerprint density at radius 3 is 2.75 bits per heavy atom. The lowest BCUT2D eigenvalue weighted by atomic mass is 10.1. The minimum Gasteiger partial charge on any atom is -0.341 e. The Kier molecular flexibility index (Phi) is 4.42. The molecule has 28 heavy (non-hydrogen) atoms. The van der Waals surface area contributed by atoms with Gasteiger partial charge in [0.1, 0.15) is 12.0 Å². The van der Waals surface area contributed by atoms with Crippen molar-refractivity contribution in [3.63, 3.8) is 0 Å². The molecule has 0 aliphatic carbocycles. The molecule has 9 nitrogen and oxygen atoms in total. The number of hydrogen-bond donors (Lipinski definition) is 2. The number of H-pyrrole nitrogens is 1. The Hall–Kier alpha value is -3.49.